The van der Waals surface area contributed by atoms with E-state index < -0.39 is 0 Å². The number of pyridine rings is 1. The Hall–Kier alpha value is -2.24. The predicted octanol–water partition coefficient (Wildman–Crippen LogP) is 1.51. The molecule has 0 aliphatic heterocycles. The number of fused-ring (bicyclic) bond motifs is 1. The first kappa shape index (κ1) is 10.9. The molecule has 1 unspecified atom stereocenters. The molecule has 0 fully saturated rings. The molecule has 5 nitrogen and oxygen atoms in total. The van der Waals surface area contributed by atoms with E-state index in [1.54, 1.807) is 12.4 Å². The van der Waals surface area contributed by atoms with Gasteiger partial charge in [-0.15, -0.1) is 0 Å². The highest BCUT2D eigenvalue weighted by atomic mass is 15.2. The maximum absolute atomic E-state index is 5.65. The Balaban J connectivity index is 2.18. The fourth-order valence-corrected chi connectivity index (χ4v) is 2.12. The van der Waals surface area contributed by atoms with E-state index in [2.05, 4.69) is 26.4 Å². The van der Waals surface area contributed by atoms with Crippen LogP contribution < -0.4 is 11.3 Å². The van der Waals surface area contributed by atoms with E-state index >= 15 is 0 Å². The number of nitrogens with two attached hydrogens (primary N) is 1. The molecule has 5 heteroatoms. The summed E-state index contributed by atoms with van der Waals surface area (Å²) in [7, 11) is 0. The van der Waals surface area contributed by atoms with Crippen LogP contribution in [-0.4, -0.2) is 15.0 Å². The van der Waals surface area contributed by atoms with E-state index in [1.807, 2.05) is 30.6 Å². The lowest BCUT2D eigenvalue weighted by Gasteiger charge is -2.15. The van der Waals surface area contributed by atoms with Crippen molar-refractivity contribution in [1.29, 1.82) is 0 Å². The molecule has 0 amide bonds. The van der Waals surface area contributed by atoms with Crippen molar-refractivity contribution in [3.05, 3.63) is 60.4 Å². The third-order valence-corrected chi connectivity index (χ3v) is 2.97. The minimum Gasteiger partial charge on any atom is -0.347 e. The van der Waals surface area contributed by atoms with Crippen LogP contribution in [0, 0.1) is 0 Å². The second kappa shape index (κ2) is 4.56. The number of hydrazine groups is 1. The van der Waals surface area contributed by atoms with Crippen LogP contribution in [0.4, 0.5) is 0 Å². The molecule has 90 valence electrons. The second-order valence-electron chi connectivity index (χ2n) is 4.02. The van der Waals surface area contributed by atoms with Crippen LogP contribution in [0.15, 0.2) is 49.1 Å². The van der Waals surface area contributed by atoms with Gasteiger partial charge < -0.3 is 4.98 Å². The van der Waals surface area contributed by atoms with E-state index in [0.29, 0.717) is 0 Å². The van der Waals surface area contributed by atoms with Gasteiger partial charge in [0.2, 0.25) is 0 Å². The molecule has 2 heterocycles. The maximum Gasteiger partial charge on any atom is 0.129 e. The molecule has 1 aromatic carbocycles. The molecule has 0 bridgehead atoms. The lowest BCUT2D eigenvalue weighted by Crippen LogP contribution is -2.29. The molecule has 0 aliphatic rings. The molecule has 3 aromatic rings. The Morgan fingerprint density at radius 1 is 1.22 bits per heavy atom. The van der Waals surface area contributed by atoms with Crippen LogP contribution in [0.5, 0.6) is 0 Å². The minimum atomic E-state index is -0.196. The van der Waals surface area contributed by atoms with Crippen molar-refractivity contribution < 1.29 is 0 Å². The van der Waals surface area contributed by atoms with Crippen LogP contribution >= 0.6 is 0 Å². The van der Waals surface area contributed by atoms with Crippen molar-refractivity contribution in [3.63, 3.8) is 0 Å². The highest BCUT2D eigenvalue weighted by Gasteiger charge is 2.17. The number of hydrogen-bond donors (Lipinski definition) is 3. The number of aromatic amines is 1. The van der Waals surface area contributed by atoms with Crippen LogP contribution in [0.3, 0.4) is 0 Å². The van der Waals surface area contributed by atoms with Crippen LogP contribution in [0.1, 0.15) is 17.4 Å². The van der Waals surface area contributed by atoms with Gasteiger partial charge in [0, 0.05) is 35.7 Å². The van der Waals surface area contributed by atoms with E-state index in [9.17, 15) is 0 Å². The first-order valence-electron chi connectivity index (χ1n) is 5.68. The standard InChI is InChI=1S/C13H13N5/c14-18-12(13-16-5-6-17-13)11-8-15-7-9-3-1-2-4-10(9)11/h1-8,12,18H,14H2,(H,16,17). The number of rotatable bonds is 3. The first-order chi connectivity index (χ1) is 8.90. The highest BCUT2D eigenvalue weighted by molar-refractivity contribution is 5.85. The SMILES string of the molecule is NNC(c1ncc[nH]1)c1cncc2ccccc12. The van der Waals surface area contributed by atoms with Gasteiger partial charge in [0.15, 0.2) is 0 Å². The van der Waals surface area contributed by atoms with E-state index in [1.165, 1.54) is 0 Å². The van der Waals surface area contributed by atoms with Crippen molar-refractivity contribution in [1.82, 2.24) is 20.4 Å². The smallest absolute Gasteiger partial charge is 0.129 e. The topological polar surface area (TPSA) is 79.6 Å². The highest BCUT2D eigenvalue weighted by Crippen LogP contribution is 2.25. The molecule has 0 aliphatic carbocycles. The minimum absolute atomic E-state index is 0.196. The number of nitrogens with zero attached hydrogens (tertiary/aromatic N) is 2. The van der Waals surface area contributed by atoms with Crippen LogP contribution in [-0.2, 0) is 0 Å². The zero-order valence-corrected chi connectivity index (χ0v) is 9.67. The Bertz CT molecular complexity index is 642. The summed E-state index contributed by atoms with van der Waals surface area (Å²) in [4.78, 5) is 11.6. The maximum atomic E-state index is 5.65. The van der Waals surface area contributed by atoms with Gasteiger partial charge >= 0.3 is 0 Å². The van der Waals surface area contributed by atoms with Crippen molar-refractivity contribution in [2.24, 2.45) is 5.84 Å². The summed E-state index contributed by atoms with van der Waals surface area (Å²) in [6.45, 7) is 0. The quantitative estimate of drug-likeness (QED) is 0.478. The summed E-state index contributed by atoms with van der Waals surface area (Å²) < 4.78 is 0. The van der Waals surface area contributed by atoms with E-state index in [4.69, 9.17) is 5.84 Å². The summed E-state index contributed by atoms with van der Waals surface area (Å²) in [5, 5.41) is 2.20. The van der Waals surface area contributed by atoms with Crippen molar-refractivity contribution >= 4 is 10.8 Å². The van der Waals surface area contributed by atoms with E-state index in [-0.39, 0.29) is 6.04 Å². The lowest BCUT2D eigenvalue weighted by molar-refractivity contribution is 0.610. The van der Waals surface area contributed by atoms with Gasteiger partial charge in [-0.05, 0) is 5.39 Å². The predicted molar refractivity (Wildman–Crippen MR) is 69.5 cm³/mol. The zero-order valence-electron chi connectivity index (χ0n) is 9.67. The zero-order chi connectivity index (χ0) is 12.4. The van der Waals surface area contributed by atoms with Crippen LogP contribution in [0.2, 0.25) is 0 Å². The van der Waals surface area contributed by atoms with E-state index in [0.717, 1.165) is 22.2 Å². The second-order valence-corrected chi connectivity index (χ2v) is 4.02. The number of hydrogen-bond acceptors (Lipinski definition) is 4. The summed E-state index contributed by atoms with van der Waals surface area (Å²) in [5.74, 6) is 6.42. The first-order valence-corrected chi connectivity index (χ1v) is 5.68. The van der Waals surface area contributed by atoms with Crippen molar-refractivity contribution in [2.45, 2.75) is 6.04 Å². The number of nitrogens with one attached hydrogen (secondary N) is 2. The fourth-order valence-electron chi connectivity index (χ4n) is 2.12. The molecule has 2 aromatic heterocycles. The average Bonchev–Trinajstić information content (AvgIpc) is 2.94. The molecule has 0 saturated heterocycles. The summed E-state index contributed by atoms with van der Waals surface area (Å²) in [6.07, 6.45) is 7.14. The van der Waals surface area contributed by atoms with Gasteiger partial charge in [0.05, 0.1) is 0 Å². The summed E-state index contributed by atoms with van der Waals surface area (Å²) >= 11 is 0. The molecular weight excluding hydrogens is 226 g/mol. The van der Waals surface area contributed by atoms with Gasteiger partial charge in [-0.25, -0.2) is 10.4 Å². The van der Waals surface area contributed by atoms with Crippen LogP contribution in [0.25, 0.3) is 10.8 Å². The third kappa shape index (κ3) is 1.75. The Morgan fingerprint density at radius 2 is 2.11 bits per heavy atom. The Kier molecular flexibility index (Phi) is 2.76. The number of H-pyrrole nitrogens is 1. The van der Waals surface area contributed by atoms with Gasteiger partial charge in [0.1, 0.15) is 11.9 Å². The van der Waals surface area contributed by atoms with Gasteiger partial charge in [-0.1, -0.05) is 24.3 Å². The molecule has 0 spiro atoms. The molecule has 3 rings (SSSR count). The Morgan fingerprint density at radius 3 is 2.89 bits per heavy atom. The Labute approximate surface area is 104 Å². The summed E-state index contributed by atoms with van der Waals surface area (Å²) in [6, 6.07) is 7.88. The molecule has 0 saturated carbocycles. The normalized spacial score (nSPS) is 12.7. The molecule has 0 radical (unpaired) electrons. The number of benzene rings is 1. The summed E-state index contributed by atoms with van der Waals surface area (Å²) in [5.41, 5.74) is 3.78. The fraction of sp³-hybridized carbons (Fsp3) is 0.0769. The number of imidazole rings is 1. The average molecular weight is 239 g/mol. The molecular formula is C13H13N5. The van der Waals surface area contributed by atoms with Crippen molar-refractivity contribution in [2.75, 3.05) is 0 Å². The lowest BCUT2D eigenvalue weighted by atomic mass is 10.0. The molecule has 4 N–H and O–H groups in total. The van der Waals surface area contributed by atoms with Crippen molar-refractivity contribution in [3.8, 4) is 0 Å². The number of aromatic nitrogens is 3. The molecule has 1 atom stereocenters. The monoisotopic (exact) mass is 239 g/mol. The third-order valence-electron chi connectivity index (χ3n) is 2.97. The van der Waals surface area contributed by atoms with Gasteiger partial charge in [-0.2, -0.15) is 0 Å². The molecule has 18 heavy (non-hydrogen) atoms. The largest absolute Gasteiger partial charge is 0.347 e. The van der Waals surface area contributed by atoms with Gasteiger partial charge in [-0.3, -0.25) is 10.8 Å². The van der Waals surface area contributed by atoms with Gasteiger partial charge in [0.25, 0.3) is 0 Å².